The molecule has 90 valence electrons. The van der Waals surface area contributed by atoms with E-state index in [-0.39, 0.29) is 0 Å². The molecule has 0 aromatic carbocycles. The normalized spacial score (nSPS) is 13.2. The van der Waals surface area contributed by atoms with Gasteiger partial charge in [0.25, 0.3) is 0 Å². The Morgan fingerprint density at radius 1 is 1.25 bits per heavy atom. The van der Waals surface area contributed by atoms with Crippen LogP contribution >= 0.6 is 0 Å². The molecule has 0 amide bonds. The predicted molar refractivity (Wildman–Crippen MR) is 60.6 cm³/mol. The highest BCUT2D eigenvalue weighted by molar-refractivity contribution is 6.00. The molecule has 1 unspecified atom stereocenters. The molecule has 0 fully saturated rings. The maximum Gasteiger partial charge on any atom is 0.323 e. The number of carbonyl (C=O) groups is 2. The Morgan fingerprint density at radius 3 is 1.94 bits per heavy atom. The lowest BCUT2D eigenvalue weighted by Gasteiger charge is -2.28. The Labute approximate surface area is 95.9 Å². The fourth-order valence-corrected chi connectivity index (χ4v) is 1.49. The van der Waals surface area contributed by atoms with Gasteiger partial charge in [-0.3, -0.25) is 9.59 Å². The van der Waals surface area contributed by atoms with Crippen molar-refractivity contribution in [2.75, 3.05) is 14.2 Å². The molecule has 0 aromatic heterocycles. The number of methoxy groups -OCH3 is 2. The van der Waals surface area contributed by atoms with E-state index < -0.39 is 23.3 Å². The standard InChI is InChI=1S/C12H18O4/c1-6-8-9(7-2)12(3,10(13)15-4)11(14)16-5/h6-9H,2H2,1,3-5H3/b8-6+. The SMILES string of the molecule is C=CC(/C=C/C)C(C)(C(=O)OC)C(=O)OC. The average molecular weight is 226 g/mol. The smallest absolute Gasteiger partial charge is 0.323 e. The largest absolute Gasteiger partial charge is 0.468 e. The third-order valence-corrected chi connectivity index (χ3v) is 2.54. The van der Waals surface area contributed by atoms with Crippen molar-refractivity contribution in [1.82, 2.24) is 0 Å². The van der Waals surface area contributed by atoms with E-state index >= 15 is 0 Å². The molecule has 0 bridgehead atoms. The van der Waals surface area contributed by atoms with Gasteiger partial charge in [-0.2, -0.15) is 0 Å². The molecule has 0 radical (unpaired) electrons. The summed E-state index contributed by atoms with van der Waals surface area (Å²) in [5.74, 6) is -1.73. The lowest BCUT2D eigenvalue weighted by atomic mass is 9.76. The van der Waals surface area contributed by atoms with Crippen LogP contribution in [0.2, 0.25) is 0 Å². The molecular formula is C12H18O4. The highest BCUT2D eigenvalue weighted by Gasteiger charge is 2.48. The van der Waals surface area contributed by atoms with E-state index in [9.17, 15) is 9.59 Å². The summed E-state index contributed by atoms with van der Waals surface area (Å²) in [5.41, 5.74) is -1.39. The van der Waals surface area contributed by atoms with Gasteiger partial charge >= 0.3 is 11.9 Å². The summed E-state index contributed by atoms with van der Waals surface area (Å²) in [4.78, 5) is 23.4. The molecule has 0 aliphatic rings. The van der Waals surface area contributed by atoms with Crippen LogP contribution in [0.5, 0.6) is 0 Å². The second kappa shape index (κ2) is 6.10. The molecule has 0 rings (SSSR count). The van der Waals surface area contributed by atoms with Crippen LogP contribution in [0, 0.1) is 11.3 Å². The minimum atomic E-state index is -1.39. The van der Waals surface area contributed by atoms with Crippen molar-refractivity contribution in [1.29, 1.82) is 0 Å². The minimum Gasteiger partial charge on any atom is -0.468 e. The van der Waals surface area contributed by atoms with Crippen molar-refractivity contribution in [3.05, 3.63) is 24.8 Å². The topological polar surface area (TPSA) is 52.6 Å². The average Bonchev–Trinajstić information content (AvgIpc) is 2.32. The zero-order chi connectivity index (χ0) is 12.8. The van der Waals surface area contributed by atoms with Gasteiger partial charge in [0.05, 0.1) is 14.2 Å². The number of esters is 2. The maximum absolute atomic E-state index is 11.7. The van der Waals surface area contributed by atoms with Crippen LogP contribution in [0.15, 0.2) is 24.8 Å². The predicted octanol–water partition coefficient (Wildman–Crippen LogP) is 1.72. The lowest BCUT2D eigenvalue weighted by molar-refractivity contribution is -0.169. The molecule has 1 atom stereocenters. The van der Waals surface area contributed by atoms with Crippen LogP contribution in [0.4, 0.5) is 0 Å². The molecule has 0 N–H and O–H groups in total. The number of allylic oxidation sites excluding steroid dienone is 3. The van der Waals surface area contributed by atoms with Crippen LogP contribution in [0.3, 0.4) is 0 Å². The van der Waals surface area contributed by atoms with Crippen molar-refractivity contribution >= 4 is 11.9 Å². The van der Waals surface area contributed by atoms with E-state index in [0.29, 0.717) is 0 Å². The summed E-state index contributed by atoms with van der Waals surface area (Å²) in [6, 6.07) is 0. The van der Waals surface area contributed by atoms with Gasteiger partial charge in [0.1, 0.15) is 0 Å². The van der Waals surface area contributed by atoms with Gasteiger partial charge in [-0.1, -0.05) is 18.2 Å². The van der Waals surface area contributed by atoms with Crippen molar-refractivity contribution in [2.24, 2.45) is 11.3 Å². The van der Waals surface area contributed by atoms with Gasteiger partial charge in [0.15, 0.2) is 5.41 Å². The molecule has 0 heterocycles. The van der Waals surface area contributed by atoms with E-state index in [4.69, 9.17) is 0 Å². The first kappa shape index (κ1) is 14.4. The molecule has 4 nitrogen and oxygen atoms in total. The summed E-state index contributed by atoms with van der Waals surface area (Å²) >= 11 is 0. The number of rotatable bonds is 5. The molecule has 0 aliphatic carbocycles. The van der Waals surface area contributed by atoms with Crippen molar-refractivity contribution in [3.63, 3.8) is 0 Å². The van der Waals surface area contributed by atoms with Gasteiger partial charge in [0, 0.05) is 5.92 Å². The number of hydrogen-bond acceptors (Lipinski definition) is 4. The van der Waals surface area contributed by atoms with Gasteiger partial charge in [-0.25, -0.2) is 0 Å². The molecule has 0 saturated heterocycles. The molecule has 0 aliphatic heterocycles. The first-order valence-electron chi connectivity index (χ1n) is 4.91. The zero-order valence-corrected chi connectivity index (χ0v) is 10.1. The Balaban J connectivity index is 5.44. The number of carbonyl (C=O) groups excluding carboxylic acids is 2. The summed E-state index contributed by atoms with van der Waals surface area (Å²) < 4.78 is 9.29. The van der Waals surface area contributed by atoms with Crippen LogP contribution in [0.25, 0.3) is 0 Å². The van der Waals surface area contributed by atoms with E-state index in [1.54, 1.807) is 19.1 Å². The minimum absolute atomic E-state index is 0.461. The monoisotopic (exact) mass is 226 g/mol. The van der Waals surface area contributed by atoms with Crippen molar-refractivity contribution in [3.8, 4) is 0 Å². The van der Waals surface area contributed by atoms with Gasteiger partial charge < -0.3 is 9.47 Å². The Hall–Kier alpha value is -1.58. The molecule has 4 heteroatoms. The highest BCUT2D eigenvalue weighted by atomic mass is 16.5. The van der Waals surface area contributed by atoms with E-state index in [1.165, 1.54) is 27.2 Å². The number of ether oxygens (including phenoxy) is 2. The zero-order valence-electron chi connectivity index (χ0n) is 10.1. The number of hydrogen-bond donors (Lipinski definition) is 0. The summed E-state index contributed by atoms with van der Waals surface area (Å²) in [7, 11) is 2.47. The van der Waals surface area contributed by atoms with Crippen molar-refractivity contribution in [2.45, 2.75) is 13.8 Å². The first-order chi connectivity index (χ1) is 7.48. The highest BCUT2D eigenvalue weighted by Crippen LogP contribution is 2.32. The van der Waals surface area contributed by atoms with Crippen LogP contribution in [-0.4, -0.2) is 26.2 Å². The molecule has 0 spiro atoms. The fraction of sp³-hybridized carbons (Fsp3) is 0.500. The summed E-state index contributed by atoms with van der Waals surface area (Å²) in [6.45, 7) is 6.89. The fourth-order valence-electron chi connectivity index (χ4n) is 1.49. The second-order valence-electron chi connectivity index (χ2n) is 3.47. The maximum atomic E-state index is 11.7. The quantitative estimate of drug-likeness (QED) is 0.407. The third-order valence-electron chi connectivity index (χ3n) is 2.54. The third kappa shape index (κ3) is 2.51. The summed E-state index contributed by atoms with van der Waals surface area (Å²) in [6.07, 6.45) is 4.98. The molecule has 0 aromatic rings. The van der Waals surface area contributed by atoms with Gasteiger partial charge in [-0.15, -0.1) is 6.58 Å². The van der Waals surface area contributed by atoms with Gasteiger partial charge in [-0.05, 0) is 13.8 Å². The molecule has 16 heavy (non-hydrogen) atoms. The van der Waals surface area contributed by atoms with Crippen LogP contribution < -0.4 is 0 Å². The van der Waals surface area contributed by atoms with E-state index in [0.717, 1.165) is 0 Å². The molecule has 0 saturated carbocycles. The second-order valence-corrected chi connectivity index (χ2v) is 3.47. The van der Waals surface area contributed by atoms with E-state index in [2.05, 4.69) is 16.1 Å². The Bertz CT molecular complexity index is 288. The Morgan fingerprint density at radius 2 is 1.69 bits per heavy atom. The summed E-state index contributed by atoms with van der Waals surface area (Å²) in [5, 5.41) is 0. The van der Waals surface area contributed by atoms with Crippen molar-refractivity contribution < 1.29 is 19.1 Å². The Kier molecular flexibility index (Phi) is 5.50. The van der Waals surface area contributed by atoms with E-state index in [1.807, 2.05) is 0 Å². The first-order valence-corrected chi connectivity index (χ1v) is 4.91. The van der Waals surface area contributed by atoms with Crippen LogP contribution in [-0.2, 0) is 19.1 Å². The molecular weight excluding hydrogens is 208 g/mol. The van der Waals surface area contributed by atoms with Crippen LogP contribution in [0.1, 0.15) is 13.8 Å². The lowest BCUT2D eigenvalue weighted by Crippen LogP contribution is -2.43. The van der Waals surface area contributed by atoms with Gasteiger partial charge in [0.2, 0.25) is 0 Å².